The Bertz CT molecular complexity index is 242. The number of carbonyl (C=O) groups is 2. The van der Waals surface area contributed by atoms with Crippen LogP contribution in [-0.2, 0) is 28.5 Å². The molecule has 1 atom stereocenters. The third kappa shape index (κ3) is 10.5. The second-order valence-electron chi connectivity index (χ2n) is 3.53. The van der Waals surface area contributed by atoms with E-state index in [2.05, 4.69) is 12.6 Å². The summed E-state index contributed by atoms with van der Waals surface area (Å²) >= 11 is 4.03. The molecule has 0 amide bonds. The highest BCUT2D eigenvalue weighted by Crippen LogP contribution is 1.95. The number of methoxy groups -OCH3 is 1. The van der Waals surface area contributed by atoms with E-state index < -0.39 is 5.97 Å². The molecule has 0 saturated carbocycles. The fourth-order valence-corrected chi connectivity index (χ4v) is 1.17. The van der Waals surface area contributed by atoms with Gasteiger partial charge >= 0.3 is 5.97 Å². The minimum Gasteiger partial charge on any atom is -0.461 e. The van der Waals surface area contributed by atoms with Crippen LogP contribution >= 0.6 is 12.6 Å². The molecule has 1 unspecified atom stereocenters. The van der Waals surface area contributed by atoms with Gasteiger partial charge < -0.3 is 18.9 Å². The lowest BCUT2D eigenvalue weighted by molar-refractivity contribution is -0.152. The maximum absolute atomic E-state index is 11.2. The van der Waals surface area contributed by atoms with E-state index in [1.54, 1.807) is 0 Å². The molecular weight excluding hydrogens is 260 g/mol. The molecule has 0 aliphatic rings. The number of hydrogen-bond acceptors (Lipinski definition) is 7. The Morgan fingerprint density at radius 1 is 1.17 bits per heavy atom. The van der Waals surface area contributed by atoms with Crippen molar-refractivity contribution in [3.05, 3.63) is 0 Å². The van der Waals surface area contributed by atoms with Crippen LogP contribution < -0.4 is 0 Å². The van der Waals surface area contributed by atoms with Gasteiger partial charge in [-0.25, -0.2) is 4.79 Å². The number of carbonyl (C=O) groups excluding carboxylic acids is 2. The molecule has 7 heteroatoms. The summed E-state index contributed by atoms with van der Waals surface area (Å²) in [7, 11) is 1.53. The Morgan fingerprint density at radius 2 is 1.78 bits per heavy atom. The molecule has 0 N–H and O–H groups in total. The molecule has 0 aromatic heterocycles. The van der Waals surface area contributed by atoms with Crippen LogP contribution in [0.3, 0.4) is 0 Å². The Hall–Kier alpha value is -0.630. The van der Waals surface area contributed by atoms with Crippen LogP contribution in [0.15, 0.2) is 0 Å². The van der Waals surface area contributed by atoms with Crippen molar-refractivity contribution in [1.82, 2.24) is 0 Å². The smallest absolute Gasteiger partial charge is 0.332 e. The summed E-state index contributed by atoms with van der Waals surface area (Å²) < 4.78 is 19.8. The minimum atomic E-state index is -0.467. The second-order valence-corrected chi connectivity index (χ2v) is 3.90. The zero-order chi connectivity index (χ0) is 13.8. The van der Waals surface area contributed by atoms with Gasteiger partial charge in [-0.3, -0.25) is 4.79 Å². The fourth-order valence-electron chi connectivity index (χ4n) is 0.912. The van der Waals surface area contributed by atoms with E-state index in [9.17, 15) is 9.59 Å². The van der Waals surface area contributed by atoms with Gasteiger partial charge in [0.2, 0.25) is 0 Å². The highest BCUT2D eigenvalue weighted by atomic mass is 32.1. The fraction of sp³-hybridized carbons (Fsp3) is 0.818. The lowest BCUT2D eigenvalue weighted by atomic mass is 10.4. The van der Waals surface area contributed by atoms with Gasteiger partial charge in [-0.05, 0) is 6.92 Å². The van der Waals surface area contributed by atoms with E-state index in [-0.39, 0.29) is 44.9 Å². The van der Waals surface area contributed by atoms with Gasteiger partial charge in [-0.2, -0.15) is 12.6 Å². The molecule has 0 bridgehead atoms. The van der Waals surface area contributed by atoms with Crippen molar-refractivity contribution < 1.29 is 28.5 Å². The van der Waals surface area contributed by atoms with Gasteiger partial charge in [0.05, 0.1) is 19.3 Å². The van der Waals surface area contributed by atoms with E-state index in [1.807, 2.05) is 0 Å². The van der Waals surface area contributed by atoms with Crippen molar-refractivity contribution in [1.29, 1.82) is 0 Å². The van der Waals surface area contributed by atoms with Crippen LogP contribution in [0, 0.1) is 0 Å². The van der Waals surface area contributed by atoms with E-state index >= 15 is 0 Å². The minimum absolute atomic E-state index is 0.0493. The van der Waals surface area contributed by atoms with Crippen molar-refractivity contribution >= 4 is 24.4 Å². The van der Waals surface area contributed by atoms with E-state index in [4.69, 9.17) is 18.9 Å². The largest absolute Gasteiger partial charge is 0.461 e. The molecule has 0 heterocycles. The average molecular weight is 280 g/mol. The third-order valence-electron chi connectivity index (χ3n) is 1.86. The first-order chi connectivity index (χ1) is 8.60. The predicted octanol–water partition coefficient (Wildman–Crippen LogP) is 0.0966. The number of thiol groups is 1. The van der Waals surface area contributed by atoms with Gasteiger partial charge in [-0.1, -0.05) is 0 Å². The Morgan fingerprint density at radius 3 is 2.28 bits per heavy atom. The van der Waals surface area contributed by atoms with Crippen LogP contribution in [0.4, 0.5) is 0 Å². The average Bonchev–Trinajstić information content (AvgIpc) is 2.34. The number of rotatable bonds is 11. The summed E-state index contributed by atoms with van der Waals surface area (Å²) in [4.78, 5) is 21.7. The topological polar surface area (TPSA) is 71.1 Å². The summed E-state index contributed by atoms with van der Waals surface area (Å²) in [5.41, 5.74) is 0. The first-order valence-corrected chi connectivity index (χ1v) is 6.17. The van der Waals surface area contributed by atoms with Crippen LogP contribution in [0.5, 0.6) is 0 Å². The standard InChI is InChI=1S/C11H20O6S/c1-9(12)5-15-3-4-16-7-11(13)17-6-10(8-18)14-2/h10,18H,3-8H2,1-2H3. The zero-order valence-corrected chi connectivity index (χ0v) is 11.6. The SMILES string of the molecule is COC(CS)COC(=O)COCCOCC(C)=O. The van der Waals surface area contributed by atoms with Crippen molar-refractivity contribution in [2.45, 2.75) is 13.0 Å². The highest BCUT2D eigenvalue weighted by Gasteiger charge is 2.09. The monoisotopic (exact) mass is 280 g/mol. The van der Waals surface area contributed by atoms with E-state index in [0.717, 1.165) is 0 Å². The van der Waals surface area contributed by atoms with Crippen molar-refractivity contribution in [3.8, 4) is 0 Å². The maximum Gasteiger partial charge on any atom is 0.332 e. The van der Waals surface area contributed by atoms with Crippen LogP contribution in [0.25, 0.3) is 0 Å². The molecule has 0 fully saturated rings. The Labute approximate surface area is 112 Å². The number of esters is 1. The lowest BCUT2D eigenvalue weighted by Gasteiger charge is -2.12. The Kier molecular flexibility index (Phi) is 11.1. The summed E-state index contributed by atoms with van der Waals surface area (Å²) in [5.74, 6) is -0.0408. The number of ketones is 1. The summed E-state index contributed by atoms with van der Waals surface area (Å²) in [6, 6.07) is 0. The molecule has 0 aromatic carbocycles. The lowest BCUT2D eigenvalue weighted by Crippen LogP contribution is -2.24. The van der Waals surface area contributed by atoms with Gasteiger partial charge in [0.15, 0.2) is 5.78 Å². The molecular formula is C11H20O6S. The molecule has 0 saturated heterocycles. The number of ether oxygens (including phenoxy) is 4. The van der Waals surface area contributed by atoms with Crippen LogP contribution in [-0.4, -0.2) is 63.8 Å². The van der Waals surface area contributed by atoms with E-state index in [1.165, 1.54) is 14.0 Å². The zero-order valence-electron chi connectivity index (χ0n) is 10.7. The molecule has 0 spiro atoms. The summed E-state index contributed by atoms with van der Waals surface area (Å²) in [5, 5.41) is 0. The summed E-state index contributed by atoms with van der Waals surface area (Å²) in [6.07, 6.45) is -0.212. The van der Waals surface area contributed by atoms with Crippen molar-refractivity contribution in [3.63, 3.8) is 0 Å². The normalized spacial score (nSPS) is 12.2. The molecule has 0 rings (SSSR count). The van der Waals surface area contributed by atoms with Crippen molar-refractivity contribution in [2.75, 3.05) is 45.9 Å². The number of Topliss-reactive ketones (excluding diaryl/α,β-unsaturated/α-hetero) is 1. The van der Waals surface area contributed by atoms with E-state index in [0.29, 0.717) is 5.75 Å². The Balaban J connectivity index is 3.39. The van der Waals surface area contributed by atoms with Gasteiger partial charge in [0, 0.05) is 12.9 Å². The maximum atomic E-state index is 11.2. The molecule has 106 valence electrons. The predicted molar refractivity (Wildman–Crippen MR) is 67.9 cm³/mol. The molecule has 0 aliphatic carbocycles. The highest BCUT2D eigenvalue weighted by molar-refractivity contribution is 7.80. The molecule has 0 aromatic rings. The van der Waals surface area contributed by atoms with Crippen molar-refractivity contribution in [2.24, 2.45) is 0 Å². The van der Waals surface area contributed by atoms with Crippen LogP contribution in [0.2, 0.25) is 0 Å². The van der Waals surface area contributed by atoms with Gasteiger partial charge in [0.1, 0.15) is 19.8 Å². The molecule has 0 radical (unpaired) electrons. The van der Waals surface area contributed by atoms with Crippen LogP contribution in [0.1, 0.15) is 6.92 Å². The number of hydrogen-bond donors (Lipinski definition) is 1. The first kappa shape index (κ1) is 17.4. The third-order valence-corrected chi connectivity index (χ3v) is 2.27. The molecule has 6 nitrogen and oxygen atoms in total. The first-order valence-electron chi connectivity index (χ1n) is 5.54. The second kappa shape index (κ2) is 11.5. The molecule has 0 aliphatic heterocycles. The summed E-state index contributed by atoms with van der Waals surface area (Å²) in [6.45, 7) is 2.01. The van der Waals surface area contributed by atoms with Gasteiger partial charge in [0.25, 0.3) is 0 Å². The quantitative estimate of drug-likeness (QED) is 0.329. The molecule has 18 heavy (non-hydrogen) atoms. The van der Waals surface area contributed by atoms with Gasteiger partial charge in [-0.15, -0.1) is 0 Å².